The van der Waals surface area contributed by atoms with E-state index in [0.29, 0.717) is 33.7 Å². The molecule has 0 fully saturated rings. The number of likely N-dealkylation sites (N-methyl/N-ethyl adjacent to an activating group) is 1. The summed E-state index contributed by atoms with van der Waals surface area (Å²) in [7, 11) is 0. The van der Waals surface area contributed by atoms with Crippen LogP contribution in [0.3, 0.4) is 0 Å². The second kappa shape index (κ2) is 10.9. The molecule has 1 aromatic heterocycles. The zero-order valence-corrected chi connectivity index (χ0v) is 22.7. The van der Waals surface area contributed by atoms with Crippen LogP contribution in [0.1, 0.15) is 45.6 Å². The third-order valence-electron chi connectivity index (χ3n) is 6.82. The number of fused-ring (bicyclic) bond motifs is 1. The maximum atomic E-state index is 14.0. The van der Waals surface area contributed by atoms with Crippen LogP contribution in [-0.4, -0.2) is 34.2 Å². The summed E-state index contributed by atoms with van der Waals surface area (Å²) in [6.45, 7) is 2.01. The first-order valence-electron chi connectivity index (χ1n) is 12.4. The minimum Gasteiger partial charge on any atom is -0.339 e. The van der Waals surface area contributed by atoms with Crippen molar-refractivity contribution in [2.45, 2.75) is 30.4 Å². The number of nitrogens with zero attached hydrogens (tertiary/aromatic N) is 3. The van der Waals surface area contributed by atoms with Gasteiger partial charge in [-0.1, -0.05) is 52.3 Å². The number of nitrogens with one attached hydrogen (secondary N) is 1. The van der Waals surface area contributed by atoms with Crippen LogP contribution >= 0.6 is 15.9 Å². The summed E-state index contributed by atoms with van der Waals surface area (Å²) in [5.41, 5.74) is 1.27. The van der Waals surface area contributed by atoms with Crippen molar-refractivity contribution in [3.63, 3.8) is 0 Å². The summed E-state index contributed by atoms with van der Waals surface area (Å²) < 4.78 is 55.5. The molecule has 5 rings (SSSR count). The third-order valence-corrected chi connectivity index (χ3v) is 7.35. The molecule has 1 aliphatic rings. The minimum atomic E-state index is -4.64. The lowest BCUT2D eigenvalue weighted by molar-refractivity contribution is -0.137. The number of para-hydroxylation sites is 1. The first kappa shape index (κ1) is 27.6. The second-order valence-electron chi connectivity index (χ2n) is 9.21. The molecule has 2 atom stereocenters. The van der Waals surface area contributed by atoms with Gasteiger partial charge in [0, 0.05) is 28.9 Å². The lowest BCUT2D eigenvalue weighted by Gasteiger charge is -2.38. The Morgan fingerprint density at radius 3 is 2.35 bits per heavy atom. The van der Waals surface area contributed by atoms with Crippen molar-refractivity contribution in [2.24, 2.45) is 0 Å². The number of benzene rings is 3. The van der Waals surface area contributed by atoms with E-state index in [0.717, 1.165) is 18.2 Å². The van der Waals surface area contributed by atoms with Gasteiger partial charge < -0.3 is 5.32 Å². The van der Waals surface area contributed by atoms with Crippen molar-refractivity contribution < 1.29 is 27.2 Å². The molecule has 0 radical (unpaired) electrons. The van der Waals surface area contributed by atoms with Gasteiger partial charge in [0.25, 0.3) is 11.8 Å². The van der Waals surface area contributed by atoms with E-state index in [1.807, 2.05) is 30.3 Å². The van der Waals surface area contributed by atoms with Crippen LogP contribution in [0.25, 0.3) is 5.69 Å². The van der Waals surface area contributed by atoms with E-state index in [1.165, 1.54) is 35.2 Å². The SMILES string of the molecule is CCN1C(=O)C(NC(=O)c2cccc(C(F)(F)F)c2)C(c2ccc(F)cc2)c2c(CBr)nn(-c3ccccc3)c21. The fourth-order valence-electron chi connectivity index (χ4n) is 5.01. The summed E-state index contributed by atoms with van der Waals surface area (Å²) in [6, 6.07) is 17.6. The Hall–Kier alpha value is -3.99. The first-order chi connectivity index (χ1) is 19.1. The fourth-order valence-corrected chi connectivity index (χ4v) is 5.43. The summed E-state index contributed by atoms with van der Waals surface area (Å²) in [4.78, 5) is 28.9. The van der Waals surface area contributed by atoms with Gasteiger partial charge in [-0.3, -0.25) is 14.5 Å². The number of hydrogen-bond acceptors (Lipinski definition) is 3. The Labute approximate surface area is 235 Å². The molecule has 0 bridgehead atoms. The Bertz CT molecular complexity index is 1550. The number of carbonyl (C=O) groups is 2. The van der Waals surface area contributed by atoms with E-state index in [9.17, 15) is 27.2 Å². The Balaban J connectivity index is 1.67. The molecule has 2 heterocycles. The van der Waals surface area contributed by atoms with Crippen molar-refractivity contribution in [1.29, 1.82) is 0 Å². The van der Waals surface area contributed by atoms with Gasteiger partial charge in [-0.25, -0.2) is 9.07 Å². The number of amides is 2. The predicted molar refractivity (Wildman–Crippen MR) is 145 cm³/mol. The van der Waals surface area contributed by atoms with E-state index < -0.39 is 41.3 Å². The predicted octanol–water partition coefficient (Wildman–Crippen LogP) is 6.22. The molecule has 0 saturated carbocycles. The standard InChI is InChI=1S/C29H23BrF4N4O2/c1-2-37-27-24(22(16-30)36-38(27)21-9-4-3-5-10-21)23(17-11-13-20(31)14-12-17)25(28(37)40)35-26(39)18-7-6-8-19(15-18)29(32,33)34/h3-15,23,25H,2,16H2,1H3,(H,35,39). The van der Waals surface area contributed by atoms with E-state index in [1.54, 1.807) is 11.6 Å². The molecule has 0 aliphatic carbocycles. The second-order valence-corrected chi connectivity index (χ2v) is 9.77. The monoisotopic (exact) mass is 614 g/mol. The van der Waals surface area contributed by atoms with Gasteiger partial charge in [0.05, 0.1) is 16.9 Å². The molecule has 0 saturated heterocycles. The quantitative estimate of drug-likeness (QED) is 0.207. The molecule has 6 nitrogen and oxygen atoms in total. The van der Waals surface area contributed by atoms with E-state index in [-0.39, 0.29) is 12.1 Å². The lowest BCUT2D eigenvalue weighted by atomic mass is 9.81. The average Bonchev–Trinajstić information content (AvgIpc) is 3.33. The minimum absolute atomic E-state index is 0.234. The van der Waals surface area contributed by atoms with Crippen LogP contribution in [0, 0.1) is 5.82 Å². The van der Waals surface area contributed by atoms with Gasteiger partial charge in [0.15, 0.2) is 0 Å². The maximum Gasteiger partial charge on any atom is 0.416 e. The molecule has 0 spiro atoms. The zero-order chi connectivity index (χ0) is 28.6. The molecule has 11 heteroatoms. The highest BCUT2D eigenvalue weighted by atomic mass is 79.9. The van der Waals surface area contributed by atoms with Crippen LogP contribution in [0.4, 0.5) is 23.4 Å². The number of anilines is 1. The molecule has 1 N–H and O–H groups in total. The van der Waals surface area contributed by atoms with Gasteiger partial charge in [0.2, 0.25) is 0 Å². The first-order valence-corrected chi connectivity index (χ1v) is 13.5. The van der Waals surface area contributed by atoms with Crippen LogP contribution in [0.2, 0.25) is 0 Å². The Morgan fingerprint density at radius 1 is 1.02 bits per heavy atom. The number of hydrogen-bond donors (Lipinski definition) is 1. The largest absolute Gasteiger partial charge is 0.416 e. The van der Waals surface area contributed by atoms with Gasteiger partial charge >= 0.3 is 6.18 Å². The molecule has 2 amide bonds. The summed E-state index contributed by atoms with van der Waals surface area (Å²) in [6.07, 6.45) is -4.64. The zero-order valence-electron chi connectivity index (χ0n) is 21.1. The molecular formula is C29H23BrF4N4O2. The molecule has 1 aliphatic heterocycles. The highest BCUT2D eigenvalue weighted by molar-refractivity contribution is 9.08. The molecule has 206 valence electrons. The normalized spacial score (nSPS) is 17.1. The van der Waals surface area contributed by atoms with Gasteiger partial charge in [-0.2, -0.15) is 18.3 Å². The lowest BCUT2D eigenvalue weighted by Crippen LogP contribution is -2.55. The van der Waals surface area contributed by atoms with Crippen LogP contribution < -0.4 is 10.2 Å². The number of rotatable bonds is 6. The topological polar surface area (TPSA) is 67.2 Å². The average molecular weight is 615 g/mol. The molecule has 3 aromatic carbocycles. The maximum absolute atomic E-state index is 14.0. The van der Waals surface area contributed by atoms with Crippen LogP contribution in [-0.2, 0) is 16.3 Å². The van der Waals surface area contributed by atoms with E-state index in [2.05, 4.69) is 21.2 Å². The highest BCUT2D eigenvalue weighted by Gasteiger charge is 2.46. The Morgan fingerprint density at radius 2 is 1.73 bits per heavy atom. The van der Waals surface area contributed by atoms with E-state index in [4.69, 9.17) is 5.10 Å². The van der Waals surface area contributed by atoms with Crippen molar-refractivity contribution in [1.82, 2.24) is 15.1 Å². The van der Waals surface area contributed by atoms with Gasteiger partial charge in [0.1, 0.15) is 17.7 Å². The van der Waals surface area contributed by atoms with Crippen LogP contribution in [0.15, 0.2) is 78.9 Å². The van der Waals surface area contributed by atoms with Crippen molar-refractivity contribution in [2.75, 3.05) is 11.4 Å². The number of halogens is 5. The van der Waals surface area contributed by atoms with Crippen molar-refractivity contribution in [3.8, 4) is 5.69 Å². The van der Waals surface area contributed by atoms with Gasteiger partial charge in [-0.15, -0.1) is 0 Å². The van der Waals surface area contributed by atoms with E-state index >= 15 is 0 Å². The summed E-state index contributed by atoms with van der Waals surface area (Å²) >= 11 is 3.49. The molecule has 40 heavy (non-hydrogen) atoms. The van der Waals surface area contributed by atoms with Crippen LogP contribution in [0.5, 0.6) is 0 Å². The smallest absolute Gasteiger partial charge is 0.339 e. The molecular weight excluding hydrogens is 592 g/mol. The number of carbonyl (C=O) groups excluding carboxylic acids is 2. The summed E-state index contributed by atoms with van der Waals surface area (Å²) in [5, 5.41) is 7.78. The molecule has 4 aromatic rings. The van der Waals surface area contributed by atoms with Gasteiger partial charge in [-0.05, 0) is 55.0 Å². The number of aromatic nitrogens is 2. The highest BCUT2D eigenvalue weighted by Crippen LogP contribution is 2.44. The summed E-state index contributed by atoms with van der Waals surface area (Å²) in [5.74, 6) is -2.08. The molecule has 2 unspecified atom stereocenters. The number of alkyl halides is 4. The Kier molecular flexibility index (Phi) is 7.50. The van der Waals surface area contributed by atoms with Crippen molar-refractivity contribution in [3.05, 3.63) is 113 Å². The van der Waals surface area contributed by atoms with Crippen molar-refractivity contribution >= 4 is 33.6 Å². The fraction of sp³-hybridized carbons (Fsp3) is 0.207. The third kappa shape index (κ3) is 5.01.